The quantitative estimate of drug-likeness (QED) is 0.799. The van der Waals surface area contributed by atoms with Crippen LogP contribution in [0.1, 0.15) is 12.8 Å². The van der Waals surface area contributed by atoms with E-state index in [0.29, 0.717) is 5.95 Å². The molecular weight excluding hydrogens is 204 g/mol. The highest BCUT2D eigenvalue weighted by Gasteiger charge is 2.23. The highest BCUT2D eigenvalue weighted by atomic mass is 16.2. The lowest BCUT2D eigenvalue weighted by molar-refractivity contribution is -0.121. The van der Waals surface area contributed by atoms with Gasteiger partial charge in [0.05, 0.1) is 0 Å². The number of piperidine rings is 1. The number of hydrogen-bond donors (Lipinski definition) is 1. The van der Waals surface area contributed by atoms with Crippen LogP contribution in [-0.2, 0) is 4.79 Å². The van der Waals surface area contributed by atoms with Crippen LogP contribution < -0.4 is 5.32 Å². The molecule has 0 aromatic carbocycles. The Hall–Kier alpha value is -1.49. The number of likely N-dealkylation sites (tertiary alicyclic amines) is 1. The van der Waals surface area contributed by atoms with E-state index >= 15 is 0 Å². The SMILES string of the molecule is CN1CCC(C(=O)Nc2ncccn2)CC1. The molecule has 0 atom stereocenters. The van der Waals surface area contributed by atoms with Gasteiger partial charge in [0, 0.05) is 18.3 Å². The average molecular weight is 220 g/mol. The molecule has 0 radical (unpaired) electrons. The Morgan fingerprint density at radius 1 is 1.38 bits per heavy atom. The number of aromatic nitrogens is 2. The van der Waals surface area contributed by atoms with Crippen molar-refractivity contribution >= 4 is 11.9 Å². The number of rotatable bonds is 2. The summed E-state index contributed by atoms with van der Waals surface area (Å²) in [6.45, 7) is 1.96. The van der Waals surface area contributed by atoms with E-state index in [4.69, 9.17) is 0 Å². The lowest BCUT2D eigenvalue weighted by atomic mass is 9.96. The van der Waals surface area contributed by atoms with Gasteiger partial charge < -0.3 is 4.90 Å². The number of amides is 1. The minimum atomic E-state index is 0.0410. The maximum absolute atomic E-state index is 11.9. The van der Waals surface area contributed by atoms with Gasteiger partial charge in [0.25, 0.3) is 0 Å². The Bertz CT molecular complexity index is 346. The summed E-state index contributed by atoms with van der Waals surface area (Å²) in [5.41, 5.74) is 0. The van der Waals surface area contributed by atoms with Gasteiger partial charge in [-0.2, -0.15) is 0 Å². The maximum Gasteiger partial charge on any atom is 0.229 e. The molecule has 0 bridgehead atoms. The summed E-state index contributed by atoms with van der Waals surface area (Å²) in [4.78, 5) is 22.1. The van der Waals surface area contributed by atoms with E-state index in [0.717, 1.165) is 25.9 Å². The molecule has 1 saturated heterocycles. The Morgan fingerprint density at radius 3 is 2.62 bits per heavy atom. The molecule has 0 aliphatic carbocycles. The van der Waals surface area contributed by atoms with Gasteiger partial charge in [0.2, 0.25) is 11.9 Å². The Morgan fingerprint density at radius 2 is 2.00 bits per heavy atom. The molecule has 86 valence electrons. The van der Waals surface area contributed by atoms with Gasteiger partial charge in [0.15, 0.2) is 0 Å². The largest absolute Gasteiger partial charge is 0.306 e. The number of nitrogens with one attached hydrogen (secondary N) is 1. The highest BCUT2D eigenvalue weighted by molar-refractivity contribution is 5.90. The fraction of sp³-hybridized carbons (Fsp3) is 0.545. The maximum atomic E-state index is 11.9. The molecule has 1 aliphatic rings. The van der Waals surface area contributed by atoms with Gasteiger partial charge in [-0.25, -0.2) is 9.97 Å². The summed E-state index contributed by atoms with van der Waals surface area (Å²) in [6, 6.07) is 1.73. The van der Waals surface area contributed by atoms with Crippen LogP contribution in [0, 0.1) is 5.92 Å². The lowest BCUT2D eigenvalue weighted by Crippen LogP contribution is -2.36. The topological polar surface area (TPSA) is 58.1 Å². The first kappa shape index (κ1) is 11.0. The van der Waals surface area contributed by atoms with Crippen molar-refractivity contribution in [2.75, 3.05) is 25.5 Å². The van der Waals surface area contributed by atoms with Crippen molar-refractivity contribution in [3.05, 3.63) is 18.5 Å². The molecule has 1 fully saturated rings. The molecule has 16 heavy (non-hydrogen) atoms. The smallest absolute Gasteiger partial charge is 0.229 e. The summed E-state index contributed by atoms with van der Waals surface area (Å²) in [5.74, 6) is 0.533. The Balaban J connectivity index is 1.89. The highest BCUT2D eigenvalue weighted by Crippen LogP contribution is 2.17. The van der Waals surface area contributed by atoms with Crippen molar-refractivity contribution in [2.24, 2.45) is 5.92 Å². The van der Waals surface area contributed by atoms with E-state index in [9.17, 15) is 4.79 Å². The average Bonchev–Trinajstić information content (AvgIpc) is 2.31. The van der Waals surface area contributed by atoms with Gasteiger partial charge in [0.1, 0.15) is 0 Å². The summed E-state index contributed by atoms with van der Waals surface area (Å²) < 4.78 is 0. The number of carbonyl (C=O) groups is 1. The third-order valence-electron chi connectivity index (χ3n) is 2.89. The van der Waals surface area contributed by atoms with Gasteiger partial charge in [-0.15, -0.1) is 0 Å². The van der Waals surface area contributed by atoms with Crippen molar-refractivity contribution < 1.29 is 4.79 Å². The standard InChI is InChI=1S/C11H16N4O/c1-15-7-3-9(4-8-15)10(16)14-11-12-5-2-6-13-11/h2,5-6,9H,3-4,7-8H2,1H3,(H,12,13,14,16). The molecule has 1 N–H and O–H groups in total. The van der Waals surface area contributed by atoms with Gasteiger partial charge in [-0.05, 0) is 39.0 Å². The molecule has 1 aromatic heterocycles. The zero-order valence-electron chi connectivity index (χ0n) is 9.39. The number of carbonyl (C=O) groups excluding carboxylic acids is 1. The van der Waals surface area contributed by atoms with E-state index in [2.05, 4.69) is 27.2 Å². The van der Waals surface area contributed by atoms with Crippen molar-refractivity contribution in [3.8, 4) is 0 Å². The van der Waals surface area contributed by atoms with Crippen LogP contribution >= 0.6 is 0 Å². The second-order valence-electron chi connectivity index (χ2n) is 4.14. The summed E-state index contributed by atoms with van der Waals surface area (Å²) in [5, 5.41) is 2.75. The molecule has 1 aliphatic heterocycles. The molecule has 0 saturated carbocycles. The Kier molecular flexibility index (Phi) is 3.46. The zero-order valence-corrected chi connectivity index (χ0v) is 9.39. The predicted octanol–water partition coefficient (Wildman–Crippen LogP) is 0.757. The molecule has 5 nitrogen and oxygen atoms in total. The van der Waals surface area contributed by atoms with Gasteiger partial charge >= 0.3 is 0 Å². The summed E-state index contributed by atoms with van der Waals surface area (Å²) in [7, 11) is 2.08. The van der Waals surface area contributed by atoms with Gasteiger partial charge in [-0.3, -0.25) is 10.1 Å². The van der Waals surface area contributed by atoms with E-state index in [-0.39, 0.29) is 11.8 Å². The van der Waals surface area contributed by atoms with Crippen LogP contribution in [0.2, 0.25) is 0 Å². The van der Waals surface area contributed by atoms with Crippen LogP contribution in [0.25, 0.3) is 0 Å². The fourth-order valence-electron chi connectivity index (χ4n) is 1.85. The molecular formula is C11H16N4O. The van der Waals surface area contributed by atoms with Crippen molar-refractivity contribution in [2.45, 2.75) is 12.8 Å². The first-order valence-corrected chi connectivity index (χ1v) is 5.52. The lowest BCUT2D eigenvalue weighted by Gasteiger charge is -2.27. The van der Waals surface area contributed by atoms with Crippen molar-refractivity contribution in [3.63, 3.8) is 0 Å². The van der Waals surface area contributed by atoms with E-state index < -0.39 is 0 Å². The minimum absolute atomic E-state index is 0.0410. The second kappa shape index (κ2) is 5.03. The third kappa shape index (κ3) is 2.76. The van der Waals surface area contributed by atoms with Gasteiger partial charge in [-0.1, -0.05) is 0 Å². The molecule has 1 amide bonds. The number of hydrogen-bond acceptors (Lipinski definition) is 4. The van der Waals surface area contributed by atoms with Crippen LogP contribution in [0.4, 0.5) is 5.95 Å². The molecule has 5 heteroatoms. The summed E-state index contributed by atoms with van der Waals surface area (Å²) in [6.07, 6.45) is 5.07. The molecule has 2 rings (SSSR count). The van der Waals surface area contributed by atoms with Crippen LogP contribution in [-0.4, -0.2) is 40.9 Å². The molecule has 1 aromatic rings. The van der Waals surface area contributed by atoms with Crippen LogP contribution in [0.3, 0.4) is 0 Å². The number of nitrogens with zero attached hydrogens (tertiary/aromatic N) is 3. The number of anilines is 1. The first-order chi connectivity index (χ1) is 7.75. The van der Waals surface area contributed by atoms with Crippen molar-refractivity contribution in [1.29, 1.82) is 0 Å². The third-order valence-corrected chi connectivity index (χ3v) is 2.89. The zero-order chi connectivity index (χ0) is 11.4. The molecule has 0 spiro atoms. The normalized spacial score (nSPS) is 18.3. The molecule has 0 unspecified atom stereocenters. The van der Waals surface area contributed by atoms with Crippen molar-refractivity contribution in [1.82, 2.24) is 14.9 Å². The van der Waals surface area contributed by atoms with Crippen LogP contribution in [0.5, 0.6) is 0 Å². The van der Waals surface area contributed by atoms with E-state index in [1.807, 2.05) is 0 Å². The predicted molar refractivity (Wildman–Crippen MR) is 60.9 cm³/mol. The first-order valence-electron chi connectivity index (χ1n) is 5.52. The minimum Gasteiger partial charge on any atom is -0.306 e. The monoisotopic (exact) mass is 220 g/mol. The Labute approximate surface area is 94.9 Å². The van der Waals surface area contributed by atoms with Crippen LogP contribution in [0.15, 0.2) is 18.5 Å². The van der Waals surface area contributed by atoms with E-state index in [1.165, 1.54) is 0 Å². The second-order valence-corrected chi connectivity index (χ2v) is 4.14. The molecule has 2 heterocycles. The van der Waals surface area contributed by atoms with E-state index in [1.54, 1.807) is 18.5 Å². The fourth-order valence-corrected chi connectivity index (χ4v) is 1.85. The summed E-state index contributed by atoms with van der Waals surface area (Å²) >= 11 is 0.